The van der Waals surface area contributed by atoms with Crippen LogP contribution in [-0.2, 0) is 9.53 Å². The van der Waals surface area contributed by atoms with Gasteiger partial charge < -0.3 is 19.5 Å². The summed E-state index contributed by atoms with van der Waals surface area (Å²) in [5.74, 6) is 0.557. The van der Waals surface area contributed by atoms with E-state index in [0.717, 1.165) is 12.2 Å². The Kier molecular flexibility index (Phi) is 7.23. The number of amides is 1. The summed E-state index contributed by atoms with van der Waals surface area (Å²) in [7, 11) is 1.59. The van der Waals surface area contributed by atoms with Gasteiger partial charge in [0, 0.05) is 11.3 Å². The Morgan fingerprint density at radius 1 is 0.963 bits per heavy atom. The molecule has 0 radical (unpaired) electrons. The number of methoxy groups -OCH3 is 1. The number of ether oxygens (including phenoxy) is 3. The summed E-state index contributed by atoms with van der Waals surface area (Å²) in [6.45, 7) is 5.41. The zero-order chi connectivity index (χ0) is 19.8. The van der Waals surface area contributed by atoms with Crippen LogP contribution < -0.4 is 14.8 Å². The Morgan fingerprint density at radius 3 is 2.11 bits per heavy atom. The number of rotatable bonds is 8. The minimum Gasteiger partial charge on any atom is -0.497 e. The summed E-state index contributed by atoms with van der Waals surface area (Å²) in [6.07, 6.45) is -0.123. The summed E-state index contributed by atoms with van der Waals surface area (Å²) in [5.41, 5.74) is 1.15. The van der Waals surface area contributed by atoms with E-state index in [9.17, 15) is 9.59 Å². The number of hydrogen-bond acceptors (Lipinski definition) is 5. The quantitative estimate of drug-likeness (QED) is 0.709. The lowest BCUT2D eigenvalue weighted by Crippen LogP contribution is -2.29. The van der Waals surface area contributed by atoms with E-state index in [4.69, 9.17) is 14.2 Å². The fourth-order valence-corrected chi connectivity index (χ4v) is 2.19. The molecule has 0 bridgehead atoms. The van der Waals surface area contributed by atoms with Gasteiger partial charge in [0.1, 0.15) is 11.5 Å². The lowest BCUT2D eigenvalue weighted by atomic mass is 10.2. The maximum atomic E-state index is 12.3. The maximum absolute atomic E-state index is 12.3. The number of esters is 1. The topological polar surface area (TPSA) is 73.9 Å². The highest BCUT2D eigenvalue weighted by molar-refractivity contribution is 6.04. The van der Waals surface area contributed by atoms with Crippen LogP contribution in [-0.4, -0.2) is 31.2 Å². The molecule has 0 saturated heterocycles. The lowest BCUT2D eigenvalue weighted by molar-refractivity contribution is -0.155. The highest BCUT2D eigenvalue weighted by atomic mass is 16.6. The summed E-state index contributed by atoms with van der Waals surface area (Å²) >= 11 is 0. The van der Waals surface area contributed by atoms with Crippen LogP contribution >= 0.6 is 0 Å². The fourth-order valence-electron chi connectivity index (χ4n) is 2.19. The number of carbonyl (C=O) groups is 2. The standard InChI is InChI=1S/C21H25NO5/c1-5-14(2)26-21(24)15(3)27-19-10-6-16(7-11-19)20(23)22-17-8-12-18(25-4)13-9-17/h6-15H,5H2,1-4H3,(H,22,23). The first kappa shape index (κ1) is 20.3. The monoisotopic (exact) mass is 371 g/mol. The average molecular weight is 371 g/mol. The first-order chi connectivity index (χ1) is 12.9. The lowest BCUT2D eigenvalue weighted by Gasteiger charge is -2.17. The molecule has 0 heterocycles. The smallest absolute Gasteiger partial charge is 0.347 e. The van der Waals surface area contributed by atoms with E-state index in [-0.39, 0.29) is 12.0 Å². The molecule has 2 aromatic rings. The van der Waals surface area contributed by atoms with E-state index in [2.05, 4.69) is 5.32 Å². The molecule has 144 valence electrons. The molecule has 0 fully saturated rings. The first-order valence-corrected chi connectivity index (χ1v) is 8.85. The summed E-state index contributed by atoms with van der Waals surface area (Å²) < 4.78 is 15.9. The normalized spacial score (nSPS) is 12.6. The van der Waals surface area contributed by atoms with Gasteiger partial charge in [0.15, 0.2) is 6.10 Å². The van der Waals surface area contributed by atoms with Crippen molar-refractivity contribution in [2.75, 3.05) is 12.4 Å². The van der Waals surface area contributed by atoms with Crippen molar-refractivity contribution in [1.29, 1.82) is 0 Å². The van der Waals surface area contributed by atoms with E-state index < -0.39 is 12.1 Å². The Morgan fingerprint density at radius 2 is 1.56 bits per heavy atom. The number of benzene rings is 2. The van der Waals surface area contributed by atoms with Crippen molar-refractivity contribution in [3.63, 3.8) is 0 Å². The van der Waals surface area contributed by atoms with Crippen molar-refractivity contribution in [3.05, 3.63) is 54.1 Å². The second-order valence-electron chi connectivity index (χ2n) is 6.12. The van der Waals surface area contributed by atoms with Gasteiger partial charge in [0.2, 0.25) is 0 Å². The zero-order valence-corrected chi connectivity index (χ0v) is 16.0. The van der Waals surface area contributed by atoms with Crippen LogP contribution in [0.3, 0.4) is 0 Å². The molecule has 0 saturated carbocycles. The van der Waals surface area contributed by atoms with Gasteiger partial charge >= 0.3 is 5.97 Å². The van der Waals surface area contributed by atoms with Gasteiger partial charge in [-0.05, 0) is 68.8 Å². The van der Waals surface area contributed by atoms with E-state index in [1.54, 1.807) is 62.6 Å². The van der Waals surface area contributed by atoms with Crippen molar-refractivity contribution in [1.82, 2.24) is 0 Å². The SMILES string of the molecule is CCC(C)OC(=O)C(C)Oc1ccc(C(=O)Nc2ccc(OC)cc2)cc1. The molecule has 0 spiro atoms. The Hall–Kier alpha value is -3.02. The van der Waals surface area contributed by atoms with Crippen LogP contribution in [0.25, 0.3) is 0 Å². The average Bonchev–Trinajstić information content (AvgIpc) is 2.68. The van der Waals surface area contributed by atoms with Gasteiger partial charge in [0.25, 0.3) is 5.91 Å². The first-order valence-electron chi connectivity index (χ1n) is 8.85. The third-order valence-electron chi connectivity index (χ3n) is 4.00. The van der Waals surface area contributed by atoms with Gasteiger partial charge in [-0.25, -0.2) is 4.79 Å². The van der Waals surface area contributed by atoms with Crippen molar-refractivity contribution < 1.29 is 23.8 Å². The van der Waals surface area contributed by atoms with E-state index >= 15 is 0 Å². The van der Waals surface area contributed by atoms with Crippen LogP contribution in [0.4, 0.5) is 5.69 Å². The molecule has 0 aliphatic carbocycles. The van der Waals surface area contributed by atoms with Crippen molar-refractivity contribution in [2.24, 2.45) is 0 Å². The van der Waals surface area contributed by atoms with Gasteiger partial charge in [-0.2, -0.15) is 0 Å². The molecule has 6 nitrogen and oxygen atoms in total. The molecule has 27 heavy (non-hydrogen) atoms. The number of carbonyl (C=O) groups excluding carboxylic acids is 2. The molecule has 2 rings (SSSR count). The Bertz CT molecular complexity index is 755. The molecular weight excluding hydrogens is 346 g/mol. The third kappa shape index (κ3) is 6.02. The number of hydrogen-bond donors (Lipinski definition) is 1. The molecule has 0 aliphatic heterocycles. The van der Waals surface area contributed by atoms with Crippen LogP contribution in [0, 0.1) is 0 Å². The Labute approximate surface area is 159 Å². The van der Waals surface area contributed by atoms with Crippen molar-refractivity contribution in [3.8, 4) is 11.5 Å². The number of anilines is 1. The zero-order valence-electron chi connectivity index (χ0n) is 16.0. The molecule has 1 amide bonds. The van der Waals surface area contributed by atoms with Crippen LogP contribution in [0.15, 0.2) is 48.5 Å². The van der Waals surface area contributed by atoms with Crippen LogP contribution in [0.1, 0.15) is 37.6 Å². The fraction of sp³-hybridized carbons (Fsp3) is 0.333. The molecule has 2 atom stereocenters. The predicted molar refractivity (Wildman–Crippen MR) is 103 cm³/mol. The molecule has 2 aromatic carbocycles. The molecular formula is C21H25NO5. The summed E-state index contributed by atoms with van der Waals surface area (Å²) in [6, 6.07) is 13.6. The highest BCUT2D eigenvalue weighted by Gasteiger charge is 2.18. The van der Waals surface area contributed by atoms with Crippen LogP contribution in [0.5, 0.6) is 11.5 Å². The maximum Gasteiger partial charge on any atom is 0.347 e. The minimum absolute atomic E-state index is 0.146. The van der Waals surface area contributed by atoms with E-state index in [1.165, 1.54) is 0 Å². The van der Waals surface area contributed by atoms with Crippen molar-refractivity contribution in [2.45, 2.75) is 39.4 Å². The second kappa shape index (κ2) is 9.62. The van der Waals surface area contributed by atoms with Crippen molar-refractivity contribution >= 4 is 17.6 Å². The van der Waals surface area contributed by atoms with Gasteiger partial charge in [-0.3, -0.25) is 4.79 Å². The number of nitrogens with one attached hydrogen (secondary N) is 1. The second-order valence-corrected chi connectivity index (χ2v) is 6.12. The molecule has 0 aliphatic rings. The largest absolute Gasteiger partial charge is 0.497 e. The molecule has 1 N–H and O–H groups in total. The molecule has 2 unspecified atom stereocenters. The van der Waals surface area contributed by atoms with Gasteiger partial charge in [-0.1, -0.05) is 6.92 Å². The summed E-state index contributed by atoms with van der Waals surface area (Å²) in [4.78, 5) is 24.2. The van der Waals surface area contributed by atoms with E-state index in [0.29, 0.717) is 17.0 Å². The van der Waals surface area contributed by atoms with Gasteiger partial charge in [0.05, 0.1) is 13.2 Å². The minimum atomic E-state index is -0.724. The molecule has 6 heteroatoms. The van der Waals surface area contributed by atoms with E-state index in [1.807, 2.05) is 13.8 Å². The third-order valence-corrected chi connectivity index (χ3v) is 4.00. The molecule has 0 aromatic heterocycles. The summed E-state index contributed by atoms with van der Waals surface area (Å²) in [5, 5.41) is 2.81. The predicted octanol–water partition coefficient (Wildman–Crippen LogP) is 4.06. The van der Waals surface area contributed by atoms with Crippen LogP contribution in [0.2, 0.25) is 0 Å². The van der Waals surface area contributed by atoms with Gasteiger partial charge in [-0.15, -0.1) is 0 Å². The Balaban J connectivity index is 1.93. The highest BCUT2D eigenvalue weighted by Crippen LogP contribution is 2.18.